The van der Waals surface area contributed by atoms with Crippen molar-refractivity contribution in [3.8, 4) is 0 Å². The van der Waals surface area contributed by atoms with Crippen molar-refractivity contribution < 1.29 is 19.1 Å². The van der Waals surface area contributed by atoms with E-state index in [-0.39, 0.29) is 12.1 Å². The molecule has 6 nitrogen and oxygen atoms in total. The van der Waals surface area contributed by atoms with Crippen molar-refractivity contribution in [2.24, 2.45) is 5.92 Å². The van der Waals surface area contributed by atoms with Crippen LogP contribution in [0.3, 0.4) is 0 Å². The first-order valence-corrected chi connectivity index (χ1v) is 9.04. The lowest BCUT2D eigenvalue weighted by molar-refractivity contribution is -0.144. The zero-order valence-corrected chi connectivity index (χ0v) is 15.9. The second-order valence-corrected chi connectivity index (χ2v) is 7.59. The van der Waals surface area contributed by atoms with Gasteiger partial charge in [-0.3, -0.25) is 4.79 Å². The maximum absolute atomic E-state index is 11.6. The number of esters is 1. The highest BCUT2D eigenvalue weighted by molar-refractivity contribution is 5.69. The molecule has 0 saturated heterocycles. The molecule has 1 fully saturated rings. The van der Waals surface area contributed by atoms with Crippen LogP contribution in [0.5, 0.6) is 0 Å². The summed E-state index contributed by atoms with van der Waals surface area (Å²) in [6.07, 6.45) is 4.49. The van der Waals surface area contributed by atoms with Crippen LogP contribution in [0.4, 0.5) is 4.79 Å². The number of amides is 1. The summed E-state index contributed by atoms with van der Waals surface area (Å²) in [5.74, 6) is 0.379. The van der Waals surface area contributed by atoms with Crippen molar-refractivity contribution in [2.75, 3.05) is 26.7 Å². The van der Waals surface area contributed by atoms with E-state index in [9.17, 15) is 9.59 Å². The number of ether oxygens (including phenoxy) is 2. The van der Waals surface area contributed by atoms with Crippen LogP contribution in [0.15, 0.2) is 0 Å². The Kier molecular flexibility index (Phi) is 8.53. The normalized spacial score (nSPS) is 21.4. The van der Waals surface area contributed by atoms with Crippen molar-refractivity contribution in [2.45, 2.75) is 71.4 Å². The van der Waals surface area contributed by atoms with Gasteiger partial charge >= 0.3 is 12.1 Å². The molecule has 0 aromatic rings. The fourth-order valence-electron chi connectivity index (χ4n) is 3.08. The van der Waals surface area contributed by atoms with E-state index >= 15 is 0 Å². The van der Waals surface area contributed by atoms with Gasteiger partial charge in [-0.1, -0.05) is 0 Å². The molecule has 0 aromatic heterocycles. The van der Waals surface area contributed by atoms with Gasteiger partial charge in [-0.05, 0) is 66.3 Å². The number of nitrogens with zero attached hydrogens (tertiary/aromatic N) is 1. The quantitative estimate of drug-likeness (QED) is 0.721. The van der Waals surface area contributed by atoms with Gasteiger partial charge in [0.05, 0.1) is 6.61 Å². The van der Waals surface area contributed by atoms with Crippen LogP contribution in [0.25, 0.3) is 0 Å². The highest BCUT2D eigenvalue weighted by Crippen LogP contribution is 2.29. The Morgan fingerprint density at radius 1 is 1.17 bits per heavy atom. The summed E-state index contributed by atoms with van der Waals surface area (Å²) in [6.45, 7) is 9.24. The number of nitrogens with one attached hydrogen (secondary N) is 1. The summed E-state index contributed by atoms with van der Waals surface area (Å²) in [5.41, 5.74) is -0.465. The molecule has 0 aliphatic heterocycles. The number of hydrogen-bond donors (Lipinski definition) is 1. The molecule has 0 bridgehead atoms. The monoisotopic (exact) mass is 342 g/mol. The molecular formula is C18H34N2O4. The number of likely N-dealkylation sites (N-methyl/N-ethyl adjacent to an activating group) is 1. The van der Waals surface area contributed by atoms with Crippen LogP contribution in [-0.4, -0.2) is 55.3 Å². The minimum Gasteiger partial charge on any atom is -0.466 e. The van der Waals surface area contributed by atoms with Gasteiger partial charge in [0.2, 0.25) is 0 Å². The molecule has 1 saturated carbocycles. The van der Waals surface area contributed by atoms with E-state index in [1.165, 1.54) is 0 Å². The van der Waals surface area contributed by atoms with Crippen molar-refractivity contribution >= 4 is 12.1 Å². The fourth-order valence-corrected chi connectivity index (χ4v) is 3.08. The molecule has 1 aliphatic carbocycles. The lowest BCUT2D eigenvalue weighted by Gasteiger charge is -2.34. The highest BCUT2D eigenvalue weighted by Gasteiger charge is 2.25. The predicted molar refractivity (Wildman–Crippen MR) is 93.9 cm³/mol. The van der Waals surface area contributed by atoms with Crippen LogP contribution in [0, 0.1) is 5.92 Å². The number of hydrogen-bond acceptors (Lipinski definition) is 5. The Morgan fingerprint density at radius 2 is 1.79 bits per heavy atom. The standard InChI is InChI=1S/C18H34N2O4/c1-6-23-16(21)13-14-7-9-15(10-8-14)20(5)12-11-19-17(22)24-18(2,3)4/h14-15H,6-13H2,1-5H3,(H,19,22). The lowest BCUT2D eigenvalue weighted by atomic mass is 9.83. The smallest absolute Gasteiger partial charge is 0.407 e. The van der Waals surface area contributed by atoms with Gasteiger partial charge in [0.25, 0.3) is 0 Å². The first-order chi connectivity index (χ1) is 11.2. The first-order valence-electron chi connectivity index (χ1n) is 9.04. The molecule has 1 N–H and O–H groups in total. The molecule has 0 atom stereocenters. The first kappa shape index (κ1) is 20.7. The maximum Gasteiger partial charge on any atom is 0.407 e. The van der Waals surface area contributed by atoms with E-state index < -0.39 is 5.60 Å². The van der Waals surface area contributed by atoms with Crippen molar-refractivity contribution in [3.63, 3.8) is 0 Å². The third-order valence-electron chi connectivity index (χ3n) is 4.33. The average Bonchev–Trinajstić information content (AvgIpc) is 2.46. The molecule has 0 unspecified atom stereocenters. The molecular weight excluding hydrogens is 308 g/mol. The maximum atomic E-state index is 11.6. The molecule has 1 aliphatic rings. The van der Waals surface area contributed by atoms with Crippen molar-refractivity contribution in [3.05, 3.63) is 0 Å². The summed E-state index contributed by atoms with van der Waals surface area (Å²) in [6, 6.07) is 0.517. The zero-order valence-electron chi connectivity index (χ0n) is 15.9. The highest BCUT2D eigenvalue weighted by atomic mass is 16.6. The molecule has 6 heteroatoms. The molecule has 0 radical (unpaired) electrons. The molecule has 0 spiro atoms. The summed E-state index contributed by atoms with van der Waals surface area (Å²) in [7, 11) is 2.09. The predicted octanol–water partition coefficient (Wildman–Crippen LogP) is 2.95. The number of carbonyl (C=O) groups is 2. The Labute approximate surface area is 146 Å². The SMILES string of the molecule is CCOC(=O)CC1CCC(N(C)CCNC(=O)OC(C)(C)C)CC1. The van der Waals surface area contributed by atoms with Crippen LogP contribution in [0.2, 0.25) is 0 Å². The Morgan fingerprint density at radius 3 is 2.33 bits per heavy atom. The van der Waals surface area contributed by atoms with Gasteiger partial charge in [0.15, 0.2) is 0 Å². The number of carbonyl (C=O) groups excluding carboxylic acids is 2. The molecule has 1 rings (SSSR count). The molecule has 0 heterocycles. The Hall–Kier alpha value is -1.30. The van der Waals surface area contributed by atoms with Gasteiger partial charge in [0, 0.05) is 25.6 Å². The summed E-state index contributed by atoms with van der Waals surface area (Å²) in [5, 5.41) is 2.79. The lowest BCUT2D eigenvalue weighted by Crippen LogP contribution is -2.41. The molecule has 24 heavy (non-hydrogen) atoms. The van der Waals surface area contributed by atoms with E-state index in [2.05, 4.69) is 17.3 Å². The second kappa shape index (κ2) is 9.87. The minimum absolute atomic E-state index is 0.0733. The van der Waals surface area contributed by atoms with E-state index in [4.69, 9.17) is 9.47 Å². The summed E-state index contributed by atoms with van der Waals surface area (Å²) in [4.78, 5) is 25.5. The van der Waals surface area contributed by atoms with E-state index in [1.807, 2.05) is 27.7 Å². The zero-order chi connectivity index (χ0) is 18.2. The molecule has 140 valence electrons. The van der Waals surface area contributed by atoms with Gasteiger partial charge in [-0.2, -0.15) is 0 Å². The van der Waals surface area contributed by atoms with Crippen LogP contribution >= 0.6 is 0 Å². The third kappa shape index (κ3) is 8.52. The Balaban J connectivity index is 2.20. The fraction of sp³-hybridized carbons (Fsp3) is 0.889. The average molecular weight is 342 g/mol. The molecule has 1 amide bonds. The minimum atomic E-state index is -0.465. The Bertz CT molecular complexity index is 398. The molecule has 0 aromatic carbocycles. The van der Waals surface area contributed by atoms with Gasteiger partial charge in [0.1, 0.15) is 5.60 Å². The topological polar surface area (TPSA) is 67.9 Å². The van der Waals surface area contributed by atoms with Crippen LogP contribution < -0.4 is 5.32 Å². The van der Waals surface area contributed by atoms with Gasteiger partial charge < -0.3 is 19.7 Å². The van der Waals surface area contributed by atoms with Crippen molar-refractivity contribution in [1.29, 1.82) is 0 Å². The third-order valence-corrected chi connectivity index (χ3v) is 4.33. The number of rotatable bonds is 7. The largest absolute Gasteiger partial charge is 0.466 e. The van der Waals surface area contributed by atoms with E-state index in [1.54, 1.807) is 0 Å². The number of alkyl carbamates (subject to hydrolysis) is 1. The summed E-state index contributed by atoms with van der Waals surface area (Å²) < 4.78 is 10.3. The van der Waals surface area contributed by atoms with E-state index in [0.29, 0.717) is 31.5 Å². The van der Waals surface area contributed by atoms with E-state index in [0.717, 1.165) is 32.2 Å². The summed E-state index contributed by atoms with van der Waals surface area (Å²) >= 11 is 0. The van der Waals surface area contributed by atoms with Crippen molar-refractivity contribution in [1.82, 2.24) is 10.2 Å². The van der Waals surface area contributed by atoms with Crippen LogP contribution in [0.1, 0.15) is 59.8 Å². The van der Waals surface area contributed by atoms with Gasteiger partial charge in [-0.15, -0.1) is 0 Å². The second-order valence-electron chi connectivity index (χ2n) is 7.59. The van der Waals surface area contributed by atoms with Gasteiger partial charge in [-0.25, -0.2) is 4.79 Å². The van der Waals surface area contributed by atoms with Crippen LogP contribution in [-0.2, 0) is 14.3 Å².